The Balaban J connectivity index is 2.53. The Hall–Kier alpha value is -2.01. The molecule has 0 aliphatic rings. The van der Waals surface area contributed by atoms with Crippen molar-refractivity contribution in [1.82, 2.24) is 9.97 Å². The molecule has 2 aromatic rings. The Bertz CT molecular complexity index is 622. The molecule has 0 amide bonds. The van der Waals surface area contributed by atoms with E-state index in [0.717, 1.165) is 5.56 Å². The minimum atomic E-state index is -0.309. The van der Waals surface area contributed by atoms with E-state index in [-0.39, 0.29) is 11.4 Å². The predicted octanol–water partition coefficient (Wildman–Crippen LogP) is 1.39. The highest BCUT2D eigenvalue weighted by atomic mass is 19.1. The number of benzene rings is 1. The largest absolute Gasteiger partial charge is 0.330 e. The summed E-state index contributed by atoms with van der Waals surface area (Å²) in [6, 6.07) is 5.78. The smallest absolute Gasteiger partial charge is 0.251 e. The standard InChI is InChI=1S/C13H14FN3O/c1-8-6-9(14)2-3-11(8)13-16-10(4-5-15)7-12(18)17-13/h2-3,6-7H,4-5,15H2,1H3,(H,16,17,18). The van der Waals surface area contributed by atoms with Crippen molar-refractivity contribution in [1.29, 1.82) is 0 Å². The van der Waals surface area contributed by atoms with Crippen molar-refractivity contribution < 1.29 is 4.39 Å². The molecule has 18 heavy (non-hydrogen) atoms. The number of aromatic nitrogens is 2. The number of hydrogen-bond acceptors (Lipinski definition) is 3. The van der Waals surface area contributed by atoms with Gasteiger partial charge in [0.1, 0.15) is 11.6 Å². The van der Waals surface area contributed by atoms with Gasteiger partial charge in [-0.2, -0.15) is 0 Å². The zero-order valence-corrected chi connectivity index (χ0v) is 10.0. The normalized spacial score (nSPS) is 10.6. The third-order valence-corrected chi connectivity index (χ3v) is 2.64. The van der Waals surface area contributed by atoms with E-state index in [1.165, 1.54) is 18.2 Å². The number of rotatable bonds is 3. The molecular weight excluding hydrogens is 233 g/mol. The molecule has 0 bridgehead atoms. The molecule has 0 unspecified atom stereocenters. The lowest BCUT2D eigenvalue weighted by Crippen LogP contribution is -2.13. The van der Waals surface area contributed by atoms with Crippen LogP contribution in [0, 0.1) is 12.7 Å². The molecule has 0 radical (unpaired) electrons. The van der Waals surface area contributed by atoms with Crippen LogP contribution in [-0.2, 0) is 6.42 Å². The number of H-pyrrole nitrogens is 1. The maximum atomic E-state index is 13.0. The van der Waals surface area contributed by atoms with E-state index in [0.29, 0.717) is 30.0 Å². The van der Waals surface area contributed by atoms with E-state index in [1.54, 1.807) is 13.0 Å². The summed E-state index contributed by atoms with van der Waals surface area (Å²) in [5.74, 6) is 0.139. The Morgan fingerprint density at radius 2 is 2.17 bits per heavy atom. The van der Waals surface area contributed by atoms with E-state index in [1.807, 2.05) is 0 Å². The van der Waals surface area contributed by atoms with Crippen LogP contribution in [-0.4, -0.2) is 16.5 Å². The molecule has 0 fully saturated rings. The molecule has 0 aliphatic heterocycles. The van der Waals surface area contributed by atoms with E-state index >= 15 is 0 Å². The number of nitrogens with two attached hydrogens (primary N) is 1. The minimum absolute atomic E-state index is 0.229. The van der Waals surface area contributed by atoms with Gasteiger partial charge in [-0.15, -0.1) is 0 Å². The lowest BCUT2D eigenvalue weighted by molar-refractivity contribution is 0.627. The number of nitrogens with one attached hydrogen (secondary N) is 1. The first-order valence-electron chi connectivity index (χ1n) is 5.67. The molecule has 3 N–H and O–H groups in total. The highest BCUT2D eigenvalue weighted by molar-refractivity contribution is 5.59. The average molecular weight is 247 g/mol. The van der Waals surface area contributed by atoms with Gasteiger partial charge in [-0.3, -0.25) is 4.79 Å². The van der Waals surface area contributed by atoms with Gasteiger partial charge >= 0.3 is 0 Å². The van der Waals surface area contributed by atoms with Crippen LogP contribution in [0.15, 0.2) is 29.1 Å². The van der Waals surface area contributed by atoms with Crippen LogP contribution in [0.2, 0.25) is 0 Å². The van der Waals surface area contributed by atoms with Crippen molar-refractivity contribution in [2.75, 3.05) is 6.54 Å². The Morgan fingerprint density at radius 3 is 2.83 bits per heavy atom. The summed E-state index contributed by atoms with van der Waals surface area (Å²) < 4.78 is 13.0. The lowest BCUT2D eigenvalue weighted by Gasteiger charge is -2.06. The molecule has 94 valence electrons. The van der Waals surface area contributed by atoms with Gasteiger partial charge in [0.15, 0.2) is 0 Å². The molecule has 1 aromatic carbocycles. The average Bonchev–Trinajstić information content (AvgIpc) is 2.28. The SMILES string of the molecule is Cc1cc(F)ccc1-c1nc(CCN)cc(=O)[nH]1. The number of halogens is 1. The van der Waals surface area contributed by atoms with Crippen molar-refractivity contribution in [3.8, 4) is 11.4 Å². The predicted molar refractivity (Wildman–Crippen MR) is 67.7 cm³/mol. The van der Waals surface area contributed by atoms with E-state index < -0.39 is 0 Å². The fourth-order valence-corrected chi connectivity index (χ4v) is 1.80. The topological polar surface area (TPSA) is 71.8 Å². The zero-order valence-electron chi connectivity index (χ0n) is 10.0. The van der Waals surface area contributed by atoms with Crippen LogP contribution in [0.25, 0.3) is 11.4 Å². The van der Waals surface area contributed by atoms with Crippen LogP contribution in [0.4, 0.5) is 4.39 Å². The van der Waals surface area contributed by atoms with Gasteiger partial charge in [0, 0.05) is 23.7 Å². The van der Waals surface area contributed by atoms with Gasteiger partial charge in [0.25, 0.3) is 5.56 Å². The lowest BCUT2D eigenvalue weighted by atomic mass is 10.1. The van der Waals surface area contributed by atoms with Crippen LogP contribution >= 0.6 is 0 Å². The molecule has 5 heteroatoms. The van der Waals surface area contributed by atoms with E-state index in [4.69, 9.17) is 5.73 Å². The second kappa shape index (κ2) is 5.10. The summed E-state index contributed by atoms with van der Waals surface area (Å²) >= 11 is 0. The monoisotopic (exact) mass is 247 g/mol. The van der Waals surface area contributed by atoms with Gasteiger partial charge in [0.05, 0.1) is 0 Å². The molecule has 1 heterocycles. The highest BCUT2D eigenvalue weighted by Crippen LogP contribution is 2.19. The van der Waals surface area contributed by atoms with Crippen molar-refractivity contribution in [3.63, 3.8) is 0 Å². The first-order valence-corrected chi connectivity index (χ1v) is 5.67. The van der Waals surface area contributed by atoms with Crippen LogP contribution in [0.1, 0.15) is 11.3 Å². The van der Waals surface area contributed by atoms with E-state index in [2.05, 4.69) is 9.97 Å². The summed E-state index contributed by atoms with van der Waals surface area (Å²) in [6.45, 7) is 2.20. The fraction of sp³-hybridized carbons (Fsp3) is 0.231. The summed E-state index contributed by atoms with van der Waals surface area (Å²) in [5.41, 5.74) is 7.30. The Kier molecular flexibility index (Phi) is 3.53. The van der Waals surface area contributed by atoms with Gasteiger partial charge in [-0.1, -0.05) is 0 Å². The third-order valence-electron chi connectivity index (χ3n) is 2.64. The number of hydrogen-bond donors (Lipinski definition) is 2. The molecule has 0 saturated carbocycles. The zero-order chi connectivity index (χ0) is 13.1. The molecule has 2 rings (SSSR count). The summed E-state index contributed by atoms with van der Waals surface area (Å²) in [5, 5.41) is 0. The first kappa shape index (κ1) is 12.4. The van der Waals surface area contributed by atoms with Gasteiger partial charge in [-0.25, -0.2) is 9.37 Å². The van der Waals surface area contributed by atoms with Crippen molar-refractivity contribution in [3.05, 3.63) is 51.7 Å². The third kappa shape index (κ3) is 2.62. The molecule has 0 spiro atoms. The molecule has 1 aromatic heterocycles. The first-order chi connectivity index (χ1) is 8.60. The van der Waals surface area contributed by atoms with Gasteiger partial charge in [0.2, 0.25) is 0 Å². The maximum Gasteiger partial charge on any atom is 0.251 e. The maximum absolute atomic E-state index is 13.0. The molecule has 0 aliphatic carbocycles. The van der Waals surface area contributed by atoms with Crippen LogP contribution in [0.5, 0.6) is 0 Å². The summed E-state index contributed by atoms with van der Waals surface area (Å²) in [6.07, 6.45) is 0.539. The minimum Gasteiger partial charge on any atom is -0.330 e. The van der Waals surface area contributed by atoms with Crippen molar-refractivity contribution in [2.24, 2.45) is 5.73 Å². The van der Waals surface area contributed by atoms with E-state index in [9.17, 15) is 9.18 Å². The number of aromatic amines is 1. The van der Waals surface area contributed by atoms with Gasteiger partial charge < -0.3 is 10.7 Å². The van der Waals surface area contributed by atoms with Crippen molar-refractivity contribution >= 4 is 0 Å². The summed E-state index contributed by atoms with van der Waals surface area (Å²) in [7, 11) is 0. The molecule has 4 nitrogen and oxygen atoms in total. The van der Waals surface area contributed by atoms with Crippen molar-refractivity contribution in [2.45, 2.75) is 13.3 Å². The molecule has 0 atom stereocenters. The fourth-order valence-electron chi connectivity index (χ4n) is 1.80. The Morgan fingerprint density at radius 1 is 1.39 bits per heavy atom. The quantitative estimate of drug-likeness (QED) is 0.860. The number of nitrogens with zero attached hydrogens (tertiary/aromatic N) is 1. The van der Waals surface area contributed by atoms with Crippen LogP contribution in [0.3, 0.4) is 0 Å². The molecule has 0 saturated heterocycles. The van der Waals surface area contributed by atoms with Gasteiger partial charge in [-0.05, 0) is 37.2 Å². The Labute approximate surface area is 104 Å². The second-order valence-corrected chi connectivity index (χ2v) is 4.08. The number of aryl methyl sites for hydroxylation is 1. The summed E-state index contributed by atoms with van der Waals surface area (Å²) in [4.78, 5) is 18.5. The second-order valence-electron chi connectivity index (χ2n) is 4.08. The molecular formula is C13H14FN3O. The highest BCUT2D eigenvalue weighted by Gasteiger charge is 2.07. The van der Waals surface area contributed by atoms with Crippen LogP contribution < -0.4 is 11.3 Å².